The molecule has 0 saturated carbocycles. The summed E-state index contributed by atoms with van der Waals surface area (Å²) in [7, 11) is 0. The van der Waals surface area contributed by atoms with Crippen molar-refractivity contribution in [1.29, 1.82) is 0 Å². The summed E-state index contributed by atoms with van der Waals surface area (Å²) in [6.07, 6.45) is 0. The Hall–Kier alpha value is -1.27. The lowest BCUT2D eigenvalue weighted by Gasteiger charge is -2.10. The second-order valence-electron chi connectivity index (χ2n) is 3.54. The molecule has 2 aromatic rings. The quantitative estimate of drug-likeness (QED) is 0.831. The van der Waals surface area contributed by atoms with E-state index in [1.165, 1.54) is 6.07 Å². The monoisotopic (exact) mass is 373 g/mol. The van der Waals surface area contributed by atoms with Gasteiger partial charge < -0.3 is 10.5 Å². The molecule has 0 aromatic heterocycles. The number of hydrogen-bond donors (Lipinski definition) is 1. The summed E-state index contributed by atoms with van der Waals surface area (Å²) in [6, 6.07) is 12.3. The average molecular weight is 374 g/mol. The summed E-state index contributed by atoms with van der Waals surface area (Å²) < 4.78 is 6.63. The molecule has 0 radical (unpaired) electrons. The molecule has 0 aliphatic carbocycles. The Labute approximate surface area is 123 Å². The number of carbonyl (C=O) groups excluding carboxylic acids is 1. The van der Waals surface area contributed by atoms with Gasteiger partial charge in [0.05, 0.1) is 9.13 Å². The second kappa shape index (κ2) is 5.58. The molecule has 0 spiro atoms. The zero-order valence-corrected chi connectivity index (χ0v) is 12.1. The van der Waals surface area contributed by atoms with Crippen molar-refractivity contribution in [3.63, 3.8) is 0 Å². The first-order valence-electron chi connectivity index (χ1n) is 5.09. The van der Waals surface area contributed by atoms with Gasteiger partial charge in [-0.25, -0.2) is 0 Å². The molecule has 0 fully saturated rings. The molecule has 2 aromatic carbocycles. The van der Waals surface area contributed by atoms with Crippen molar-refractivity contribution in [3.05, 3.63) is 56.6 Å². The van der Waals surface area contributed by atoms with Crippen LogP contribution in [-0.2, 0) is 0 Å². The molecule has 0 unspecified atom stereocenters. The molecule has 0 saturated heterocycles. The fraction of sp³-hybridized carbons (Fsp3) is 0. The van der Waals surface area contributed by atoms with Gasteiger partial charge in [0, 0.05) is 5.02 Å². The fourth-order valence-electron chi connectivity index (χ4n) is 1.43. The fourth-order valence-corrected chi connectivity index (χ4v) is 2.10. The molecular weight excluding hydrogens is 365 g/mol. The molecule has 1 amide bonds. The van der Waals surface area contributed by atoms with Gasteiger partial charge in [-0.05, 0) is 52.9 Å². The van der Waals surface area contributed by atoms with E-state index < -0.39 is 5.91 Å². The molecule has 92 valence electrons. The van der Waals surface area contributed by atoms with E-state index in [1.807, 2.05) is 24.3 Å². The second-order valence-corrected chi connectivity index (χ2v) is 5.14. The van der Waals surface area contributed by atoms with Crippen LogP contribution < -0.4 is 10.5 Å². The Morgan fingerprint density at radius 3 is 2.56 bits per heavy atom. The number of primary amides is 1. The SMILES string of the molecule is NC(=O)c1cc(Cl)ccc1Oc1ccccc1I. The first-order chi connectivity index (χ1) is 8.58. The Morgan fingerprint density at radius 2 is 1.89 bits per heavy atom. The van der Waals surface area contributed by atoms with E-state index >= 15 is 0 Å². The van der Waals surface area contributed by atoms with E-state index in [1.54, 1.807) is 12.1 Å². The number of nitrogens with two attached hydrogens (primary N) is 1. The average Bonchev–Trinajstić information content (AvgIpc) is 2.34. The molecule has 0 heterocycles. The zero-order chi connectivity index (χ0) is 13.1. The number of hydrogen-bond acceptors (Lipinski definition) is 2. The minimum absolute atomic E-state index is 0.266. The van der Waals surface area contributed by atoms with Gasteiger partial charge in [0.2, 0.25) is 0 Å². The minimum atomic E-state index is -0.571. The summed E-state index contributed by atoms with van der Waals surface area (Å²) in [5.74, 6) is 0.498. The van der Waals surface area contributed by atoms with Gasteiger partial charge in [-0.2, -0.15) is 0 Å². The number of halogens is 2. The molecule has 5 heteroatoms. The van der Waals surface area contributed by atoms with Gasteiger partial charge in [0.1, 0.15) is 11.5 Å². The molecule has 2 N–H and O–H groups in total. The predicted octanol–water partition coefficient (Wildman–Crippen LogP) is 3.84. The highest BCUT2D eigenvalue weighted by Gasteiger charge is 2.12. The van der Waals surface area contributed by atoms with E-state index in [0.717, 1.165) is 3.57 Å². The van der Waals surface area contributed by atoms with Crippen molar-refractivity contribution in [2.45, 2.75) is 0 Å². The topological polar surface area (TPSA) is 52.3 Å². The predicted molar refractivity (Wildman–Crippen MR) is 79.2 cm³/mol. The molecule has 18 heavy (non-hydrogen) atoms. The molecule has 0 aliphatic rings. The highest BCUT2D eigenvalue weighted by atomic mass is 127. The highest BCUT2D eigenvalue weighted by Crippen LogP contribution is 2.30. The van der Waals surface area contributed by atoms with Crippen LogP contribution in [0.1, 0.15) is 10.4 Å². The first-order valence-corrected chi connectivity index (χ1v) is 6.55. The normalized spacial score (nSPS) is 10.1. The maximum absolute atomic E-state index is 11.3. The van der Waals surface area contributed by atoms with Gasteiger partial charge in [0.15, 0.2) is 0 Å². The van der Waals surface area contributed by atoms with E-state index in [9.17, 15) is 4.79 Å². The Balaban J connectivity index is 2.41. The van der Waals surface area contributed by atoms with Crippen LogP contribution in [0.3, 0.4) is 0 Å². The lowest BCUT2D eigenvalue weighted by atomic mass is 10.2. The van der Waals surface area contributed by atoms with Crippen LogP contribution in [0, 0.1) is 3.57 Å². The lowest BCUT2D eigenvalue weighted by Crippen LogP contribution is -2.12. The largest absolute Gasteiger partial charge is 0.455 e. The third kappa shape index (κ3) is 2.94. The molecular formula is C13H9ClINO2. The van der Waals surface area contributed by atoms with Gasteiger partial charge in [0.25, 0.3) is 5.91 Å². The number of amides is 1. The molecule has 0 aliphatic heterocycles. The summed E-state index contributed by atoms with van der Waals surface area (Å²) in [5, 5.41) is 0.443. The van der Waals surface area contributed by atoms with Crippen molar-refractivity contribution in [2.24, 2.45) is 5.73 Å². The van der Waals surface area contributed by atoms with Crippen molar-refractivity contribution in [2.75, 3.05) is 0 Å². The molecule has 0 bridgehead atoms. The van der Waals surface area contributed by atoms with Crippen LogP contribution in [0.2, 0.25) is 5.02 Å². The third-order valence-corrected chi connectivity index (χ3v) is 3.39. The van der Waals surface area contributed by atoms with E-state index in [4.69, 9.17) is 22.1 Å². The summed E-state index contributed by atoms with van der Waals surface area (Å²) >= 11 is 7.99. The number of para-hydroxylation sites is 1. The Bertz CT molecular complexity index is 601. The van der Waals surface area contributed by atoms with E-state index in [2.05, 4.69) is 22.6 Å². The van der Waals surface area contributed by atoms with Crippen LogP contribution in [0.15, 0.2) is 42.5 Å². The summed E-state index contributed by atoms with van der Waals surface area (Å²) in [4.78, 5) is 11.3. The highest BCUT2D eigenvalue weighted by molar-refractivity contribution is 14.1. The van der Waals surface area contributed by atoms with Gasteiger partial charge >= 0.3 is 0 Å². The van der Waals surface area contributed by atoms with Crippen molar-refractivity contribution < 1.29 is 9.53 Å². The smallest absolute Gasteiger partial charge is 0.252 e. The van der Waals surface area contributed by atoms with E-state index in [-0.39, 0.29) is 5.56 Å². The van der Waals surface area contributed by atoms with Crippen molar-refractivity contribution in [1.82, 2.24) is 0 Å². The zero-order valence-electron chi connectivity index (χ0n) is 9.19. The maximum Gasteiger partial charge on any atom is 0.252 e. The first kappa shape index (κ1) is 13.2. The van der Waals surface area contributed by atoms with Gasteiger partial charge in [-0.1, -0.05) is 23.7 Å². The van der Waals surface area contributed by atoms with Crippen LogP contribution >= 0.6 is 34.2 Å². The summed E-state index contributed by atoms with van der Waals surface area (Å²) in [6.45, 7) is 0. The van der Waals surface area contributed by atoms with Crippen LogP contribution in [0.4, 0.5) is 0 Å². The van der Waals surface area contributed by atoms with E-state index in [0.29, 0.717) is 16.5 Å². The van der Waals surface area contributed by atoms with Crippen molar-refractivity contribution in [3.8, 4) is 11.5 Å². The molecule has 0 atom stereocenters. The Morgan fingerprint density at radius 1 is 1.17 bits per heavy atom. The van der Waals surface area contributed by atoms with Crippen molar-refractivity contribution >= 4 is 40.1 Å². The van der Waals surface area contributed by atoms with Crippen LogP contribution in [0.5, 0.6) is 11.5 Å². The maximum atomic E-state index is 11.3. The number of rotatable bonds is 3. The molecule has 2 rings (SSSR count). The standard InChI is InChI=1S/C13H9ClINO2/c14-8-5-6-11(9(7-8)13(16)17)18-12-4-2-1-3-10(12)15/h1-7H,(H2,16,17). The summed E-state index contributed by atoms with van der Waals surface area (Å²) in [5.41, 5.74) is 5.56. The van der Waals surface area contributed by atoms with Gasteiger partial charge in [-0.15, -0.1) is 0 Å². The van der Waals surface area contributed by atoms with Crippen LogP contribution in [0.25, 0.3) is 0 Å². The number of ether oxygens (including phenoxy) is 1. The van der Waals surface area contributed by atoms with Crippen LogP contribution in [-0.4, -0.2) is 5.91 Å². The number of carbonyl (C=O) groups is 1. The molecule has 3 nitrogen and oxygen atoms in total. The van der Waals surface area contributed by atoms with Gasteiger partial charge in [-0.3, -0.25) is 4.79 Å². The number of benzene rings is 2. The minimum Gasteiger partial charge on any atom is -0.455 e. The Kier molecular flexibility index (Phi) is 4.08. The lowest BCUT2D eigenvalue weighted by molar-refractivity contribution is 0.0998. The third-order valence-electron chi connectivity index (χ3n) is 2.26.